The van der Waals surface area contributed by atoms with E-state index in [-0.39, 0.29) is 11.8 Å². The SMILES string of the molecule is CN(CCOc1ccc(CC(Sc2nc(-c3ccccc3)cs2)C(=O)O)cc1)C(=O)C1CCCCC1. The molecule has 1 aliphatic rings. The Balaban J connectivity index is 1.26. The molecule has 1 atom stereocenters. The van der Waals surface area contributed by atoms with Crippen molar-refractivity contribution < 1.29 is 19.4 Å². The van der Waals surface area contributed by atoms with Crippen molar-refractivity contribution in [3.8, 4) is 17.0 Å². The number of thioether (sulfide) groups is 1. The van der Waals surface area contributed by atoms with Gasteiger partial charge in [0, 0.05) is 23.9 Å². The summed E-state index contributed by atoms with van der Waals surface area (Å²) in [6.45, 7) is 0.975. The number of rotatable bonds is 11. The molecule has 8 heteroatoms. The van der Waals surface area contributed by atoms with E-state index in [0.717, 1.165) is 46.8 Å². The molecule has 2 aromatic carbocycles. The van der Waals surface area contributed by atoms with Crippen molar-refractivity contribution in [3.05, 3.63) is 65.5 Å². The van der Waals surface area contributed by atoms with Crippen molar-refractivity contribution in [2.45, 2.75) is 48.1 Å². The standard InChI is InChI=1S/C28H32N2O4S2/c1-30(26(31)22-10-6-3-7-11-22)16-17-34-23-14-12-20(13-15-23)18-25(27(32)33)36-28-29-24(19-35-28)21-8-4-2-5-9-21/h2,4-5,8-9,12-15,19,22,25H,3,6-7,10-11,16-18H2,1H3,(H,32,33). The van der Waals surface area contributed by atoms with Crippen molar-refractivity contribution in [2.24, 2.45) is 5.92 Å². The lowest BCUT2D eigenvalue weighted by atomic mass is 9.88. The summed E-state index contributed by atoms with van der Waals surface area (Å²) in [5.74, 6) is 0.242. The maximum Gasteiger partial charge on any atom is 0.317 e. The van der Waals surface area contributed by atoms with Crippen molar-refractivity contribution in [1.82, 2.24) is 9.88 Å². The molecule has 1 fully saturated rings. The number of carboxylic acid groups (broad SMARTS) is 1. The van der Waals surface area contributed by atoms with Crippen LogP contribution >= 0.6 is 23.1 Å². The maximum atomic E-state index is 12.6. The van der Waals surface area contributed by atoms with E-state index in [9.17, 15) is 14.7 Å². The molecule has 1 unspecified atom stereocenters. The van der Waals surface area contributed by atoms with Crippen LogP contribution in [-0.2, 0) is 16.0 Å². The Bertz CT molecular complexity index is 1130. The van der Waals surface area contributed by atoms with E-state index < -0.39 is 11.2 Å². The van der Waals surface area contributed by atoms with E-state index in [1.54, 1.807) is 4.90 Å². The van der Waals surface area contributed by atoms with E-state index in [4.69, 9.17) is 4.74 Å². The van der Waals surface area contributed by atoms with Gasteiger partial charge in [-0.25, -0.2) is 4.98 Å². The number of likely N-dealkylation sites (N-methyl/N-ethyl adjacent to an activating group) is 1. The summed E-state index contributed by atoms with van der Waals surface area (Å²) in [5.41, 5.74) is 2.80. The van der Waals surface area contributed by atoms with Crippen molar-refractivity contribution in [1.29, 1.82) is 0 Å². The van der Waals surface area contributed by atoms with E-state index in [0.29, 0.717) is 25.3 Å². The highest BCUT2D eigenvalue weighted by Gasteiger charge is 2.24. The summed E-state index contributed by atoms with van der Waals surface area (Å²) in [4.78, 5) is 30.9. The largest absolute Gasteiger partial charge is 0.492 e. The van der Waals surface area contributed by atoms with Gasteiger partial charge in [0.05, 0.1) is 12.2 Å². The molecule has 1 aromatic heterocycles. The number of benzene rings is 2. The summed E-state index contributed by atoms with van der Waals surface area (Å²) >= 11 is 2.75. The minimum atomic E-state index is -0.859. The lowest BCUT2D eigenvalue weighted by Crippen LogP contribution is -2.36. The van der Waals surface area contributed by atoms with Gasteiger partial charge in [-0.2, -0.15) is 0 Å². The van der Waals surface area contributed by atoms with Crippen LogP contribution in [0.3, 0.4) is 0 Å². The van der Waals surface area contributed by atoms with Crippen LogP contribution in [0.4, 0.5) is 0 Å². The van der Waals surface area contributed by atoms with Gasteiger partial charge >= 0.3 is 5.97 Å². The van der Waals surface area contributed by atoms with Gasteiger partial charge in [0.2, 0.25) is 5.91 Å². The topological polar surface area (TPSA) is 79.7 Å². The molecule has 0 spiro atoms. The number of carbonyl (C=O) groups excluding carboxylic acids is 1. The smallest absolute Gasteiger partial charge is 0.317 e. The number of aliphatic carboxylic acids is 1. The van der Waals surface area contributed by atoms with E-state index in [1.165, 1.54) is 29.5 Å². The zero-order chi connectivity index (χ0) is 25.3. The van der Waals surface area contributed by atoms with Crippen molar-refractivity contribution >= 4 is 35.0 Å². The molecule has 4 rings (SSSR count). The Morgan fingerprint density at radius 2 is 1.83 bits per heavy atom. The number of thiazole rings is 1. The highest BCUT2D eigenvalue weighted by molar-refractivity contribution is 8.02. The predicted molar refractivity (Wildman–Crippen MR) is 145 cm³/mol. The maximum absolute atomic E-state index is 12.6. The third-order valence-corrected chi connectivity index (χ3v) is 8.60. The molecular formula is C28H32N2O4S2. The Morgan fingerprint density at radius 3 is 2.53 bits per heavy atom. The molecule has 0 bridgehead atoms. The second-order valence-electron chi connectivity index (χ2n) is 9.10. The van der Waals surface area contributed by atoms with Crippen LogP contribution in [0.1, 0.15) is 37.7 Å². The third-order valence-electron chi connectivity index (χ3n) is 6.44. The number of hydrogen-bond acceptors (Lipinski definition) is 6. The van der Waals surface area contributed by atoms with Gasteiger partial charge in [-0.05, 0) is 37.0 Å². The first-order valence-electron chi connectivity index (χ1n) is 12.4. The Morgan fingerprint density at radius 1 is 1.11 bits per heavy atom. The van der Waals surface area contributed by atoms with Gasteiger partial charge < -0.3 is 14.7 Å². The summed E-state index contributed by atoms with van der Waals surface area (Å²) in [7, 11) is 1.85. The first kappa shape index (κ1) is 26.2. The first-order valence-corrected chi connectivity index (χ1v) is 14.1. The molecule has 3 aromatic rings. The second-order valence-corrected chi connectivity index (χ2v) is 11.4. The number of ether oxygens (including phenoxy) is 1. The van der Waals surface area contributed by atoms with Crippen LogP contribution in [0.2, 0.25) is 0 Å². The van der Waals surface area contributed by atoms with Gasteiger partial charge in [-0.1, -0.05) is 73.5 Å². The van der Waals surface area contributed by atoms with Crippen LogP contribution in [0.15, 0.2) is 64.3 Å². The fraction of sp³-hybridized carbons (Fsp3) is 0.393. The first-order chi connectivity index (χ1) is 17.5. The highest BCUT2D eigenvalue weighted by atomic mass is 32.2. The van der Waals surface area contributed by atoms with E-state index in [1.807, 2.05) is 67.0 Å². The minimum absolute atomic E-state index is 0.164. The Kier molecular flexibility index (Phi) is 9.41. The predicted octanol–water partition coefficient (Wildman–Crippen LogP) is 6.02. The molecule has 1 heterocycles. The quantitative estimate of drug-likeness (QED) is 0.309. The number of carboxylic acids is 1. The number of hydrogen-bond donors (Lipinski definition) is 1. The molecular weight excluding hydrogens is 492 g/mol. The van der Waals surface area contributed by atoms with E-state index >= 15 is 0 Å². The minimum Gasteiger partial charge on any atom is -0.492 e. The molecule has 1 saturated carbocycles. The van der Waals surface area contributed by atoms with Gasteiger partial charge in [0.1, 0.15) is 17.6 Å². The van der Waals surface area contributed by atoms with Gasteiger partial charge in [-0.3, -0.25) is 9.59 Å². The van der Waals surface area contributed by atoms with Crippen molar-refractivity contribution in [3.63, 3.8) is 0 Å². The zero-order valence-electron chi connectivity index (χ0n) is 20.5. The summed E-state index contributed by atoms with van der Waals surface area (Å²) in [6, 6.07) is 17.4. The van der Waals surface area contributed by atoms with Crippen LogP contribution in [0.25, 0.3) is 11.3 Å². The second kappa shape index (κ2) is 12.9. The third kappa shape index (κ3) is 7.34. The molecule has 0 radical (unpaired) electrons. The molecule has 0 aliphatic heterocycles. The van der Waals surface area contributed by atoms with Crippen LogP contribution in [0.5, 0.6) is 5.75 Å². The Hall–Kier alpha value is -2.84. The molecule has 1 N–H and O–H groups in total. The zero-order valence-corrected chi connectivity index (χ0v) is 22.1. The van der Waals surface area contributed by atoms with Gasteiger partial charge in [0.15, 0.2) is 4.34 Å². The van der Waals surface area contributed by atoms with Crippen LogP contribution < -0.4 is 4.74 Å². The molecule has 6 nitrogen and oxygen atoms in total. The average Bonchev–Trinajstić information content (AvgIpc) is 3.38. The normalized spacial score (nSPS) is 14.8. The fourth-order valence-corrected chi connectivity index (χ4v) is 6.40. The summed E-state index contributed by atoms with van der Waals surface area (Å²) in [5, 5.41) is 11.1. The lowest BCUT2D eigenvalue weighted by Gasteiger charge is -2.26. The number of carbonyl (C=O) groups is 2. The highest BCUT2D eigenvalue weighted by Crippen LogP contribution is 2.32. The van der Waals surface area contributed by atoms with Crippen LogP contribution in [-0.4, -0.2) is 52.3 Å². The van der Waals surface area contributed by atoms with E-state index in [2.05, 4.69) is 4.98 Å². The van der Waals surface area contributed by atoms with Gasteiger partial charge in [-0.15, -0.1) is 11.3 Å². The molecule has 1 amide bonds. The van der Waals surface area contributed by atoms with Crippen LogP contribution in [0, 0.1) is 5.92 Å². The average molecular weight is 525 g/mol. The Labute approximate surface area is 220 Å². The number of nitrogens with zero attached hydrogens (tertiary/aromatic N) is 2. The molecule has 0 saturated heterocycles. The monoisotopic (exact) mass is 524 g/mol. The number of aromatic nitrogens is 1. The molecule has 1 aliphatic carbocycles. The lowest BCUT2D eigenvalue weighted by molar-refractivity contribution is -0.136. The summed E-state index contributed by atoms with van der Waals surface area (Å²) in [6.07, 6.45) is 5.91. The summed E-state index contributed by atoms with van der Waals surface area (Å²) < 4.78 is 6.58. The molecule has 190 valence electrons. The van der Waals surface area contributed by atoms with Crippen molar-refractivity contribution in [2.75, 3.05) is 20.2 Å². The number of amides is 1. The van der Waals surface area contributed by atoms with Gasteiger partial charge in [0.25, 0.3) is 0 Å². The fourth-order valence-electron chi connectivity index (χ4n) is 4.36. The molecule has 36 heavy (non-hydrogen) atoms.